The zero-order valence-electron chi connectivity index (χ0n) is 12.7. The van der Waals surface area contributed by atoms with E-state index in [0.29, 0.717) is 23.5 Å². The molecule has 0 aliphatic carbocycles. The third-order valence-electron chi connectivity index (χ3n) is 3.51. The van der Waals surface area contributed by atoms with Crippen molar-refractivity contribution in [2.24, 2.45) is 0 Å². The zero-order valence-corrected chi connectivity index (χ0v) is 12.7. The number of ether oxygens (including phenoxy) is 2. The lowest BCUT2D eigenvalue weighted by atomic mass is 9.98. The molecule has 0 fully saturated rings. The fraction of sp³-hybridized carbons (Fsp3) is 0.278. The number of rotatable bonds is 6. The number of benzene rings is 2. The van der Waals surface area contributed by atoms with Crippen LogP contribution in [0.1, 0.15) is 27.9 Å². The van der Waals surface area contributed by atoms with Crippen LogP contribution in [0.25, 0.3) is 0 Å². The molecule has 0 amide bonds. The predicted molar refractivity (Wildman–Crippen MR) is 83.4 cm³/mol. The summed E-state index contributed by atoms with van der Waals surface area (Å²) in [6.45, 7) is 1.91. The highest BCUT2D eigenvalue weighted by molar-refractivity contribution is 5.98. The number of methoxy groups -OCH3 is 2. The topological polar surface area (TPSA) is 35.5 Å². The summed E-state index contributed by atoms with van der Waals surface area (Å²) in [5.41, 5.74) is 2.78. The Hall–Kier alpha value is -2.29. The third kappa shape index (κ3) is 3.63. The Labute approximate surface area is 125 Å². The molecule has 3 nitrogen and oxygen atoms in total. The Morgan fingerprint density at radius 3 is 2.24 bits per heavy atom. The summed E-state index contributed by atoms with van der Waals surface area (Å²) in [6, 6.07) is 13.6. The van der Waals surface area contributed by atoms with E-state index in [0.717, 1.165) is 12.0 Å². The minimum absolute atomic E-state index is 0.123. The second kappa shape index (κ2) is 6.93. The van der Waals surface area contributed by atoms with E-state index >= 15 is 0 Å². The van der Waals surface area contributed by atoms with Crippen LogP contribution in [0.4, 0.5) is 0 Å². The summed E-state index contributed by atoms with van der Waals surface area (Å²) in [7, 11) is 3.17. The molecule has 0 N–H and O–H groups in total. The minimum Gasteiger partial charge on any atom is -0.493 e. The van der Waals surface area contributed by atoms with Gasteiger partial charge in [0.2, 0.25) is 0 Å². The van der Waals surface area contributed by atoms with Crippen LogP contribution >= 0.6 is 0 Å². The van der Waals surface area contributed by atoms with Crippen molar-refractivity contribution in [2.45, 2.75) is 19.8 Å². The molecular formula is C18H20O3. The summed E-state index contributed by atoms with van der Waals surface area (Å²) in [4.78, 5) is 12.4. The van der Waals surface area contributed by atoms with E-state index < -0.39 is 0 Å². The molecule has 0 saturated carbocycles. The molecule has 0 atom stereocenters. The number of ketones is 1. The molecule has 3 heteroatoms. The van der Waals surface area contributed by atoms with Gasteiger partial charge in [0, 0.05) is 12.0 Å². The van der Waals surface area contributed by atoms with Crippen molar-refractivity contribution in [1.82, 2.24) is 0 Å². The van der Waals surface area contributed by atoms with Gasteiger partial charge in [0.05, 0.1) is 14.2 Å². The van der Waals surface area contributed by atoms with E-state index in [4.69, 9.17) is 9.47 Å². The largest absolute Gasteiger partial charge is 0.493 e. The SMILES string of the molecule is COc1cc(C)c(C(=O)CCc2ccccc2)cc1OC. The van der Waals surface area contributed by atoms with Gasteiger partial charge < -0.3 is 9.47 Å². The molecule has 0 unspecified atom stereocenters. The summed E-state index contributed by atoms with van der Waals surface area (Å²) in [6.07, 6.45) is 1.23. The monoisotopic (exact) mass is 284 g/mol. The van der Waals surface area contributed by atoms with Crippen LogP contribution < -0.4 is 9.47 Å². The average Bonchev–Trinajstić information content (AvgIpc) is 2.53. The second-order valence-electron chi connectivity index (χ2n) is 4.93. The smallest absolute Gasteiger partial charge is 0.163 e. The Balaban J connectivity index is 2.15. The first-order valence-corrected chi connectivity index (χ1v) is 6.95. The number of hydrogen-bond acceptors (Lipinski definition) is 3. The van der Waals surface area contributed by atoms with Gasteiger partial charge in [-0.3, -0.25) is 4.79 Å². The van der Waals surface area contributed by atoms with Crippen LogP contribution in [0.3, 0.4) is 0 Å². The Morgan fingerprint density at radius 1 is 1.00 bits per heavy atom. The maximum atomic E-state index is 12.4. The molecule has 0 aliphatic rings. The van der Waals surface area contributed by atoms with Gasteiger partial charge in [-0.15, -0.1) is 0 Å². The van der Waals surface area contributed by atoms with Crippen molar-refractivity contribution < 1.29 is 14.3 Å². The van der Waals surface area contributed by atoms with Gasteiger partial charge in [-0.25, -0.2) is 0 Å². The number of Topliss-reactive ketones (excluding diaryl/α,β-unsaturated/α-hetero) is 1. The van der Waals surface area contributed by atoms with Crippen molar-refractivity contribution in [2.75, 3.05) is 14.2 Å². The highest BCUT2D eigenvalue weighted by Gasteiger charge is 2.14. The lowest BCUT2D eigenvalue weighted by Gasteiger charge is -2.12. The van der Waals surface area contributed by atoms with Gasteiger partial charge in [0.25, 0.3) is 0 Å². The van der Waals surface area contributed by atoms with Gasteiger partial charge in [0.15, 0.2) is 17.3 Å². The highest BCUT2D eigenvalue weighted by atomic mass is 16.5. The van der Waals surface area contributed by atoms with Gasteiger partial charge >= 0.3 is 0 Å². The predicted octanol–water partition coefficient (Wildman–Crippen LogP) is 3.83. The standard InChI is InChI=1S/C18H20O3/c1-13-11-17(20-2)18(21-3)12-15(13)16(19)10-9-14-7-5-4-6-8-14/h4-8,11-12H,9-10H2,1-3H3. The molecule has 0 heterocycles. The van der Waals surface area contributed by atoms with Gasteiger partial charge in [-0.2, -0.15) is 0 Å². The first-order chi connectivity index (χ1) is 10.2. The van der Waals surface area contributed by atoms with Crippen molar-refractivity contribution in [3.63, 3.8) is 0 Å². The number of carbonyl (C=O) groups is 1. The van der Waals surface area contributed by atoms with E-state index in [9.17, 15) is 4.79 Å². The third-order valence-corrected chi connectivity index (χ3v) is 3.51. The van der Waals surface area contributed by atoms with Crippen molar-refractivity contribution in [1.29, 1.82) is 0 Å². The van der Waals surface area contributed by atoms with Crippen LogP contribution in [-0.4, -0.2) is 20.0 Å². The maximum Gasteiger partial charge on any atom is 0.163 e. The lowest BCUT2D eigenvalue weighted by Crippen LogP contribution is -2.05. The summed E-state index contributed by atoms with van der Waals surface area (Å²) >= 11 is 0. The van der Waals surface area contributed by atoms with E-state index in [1.54, 1.807) is 20.3 Å². The normalized spacial score (nSPS) is 10.2. The molecular weight excluding hydrogens is 264 g/mol. The molecule has 2 aromatic rings. The van der Waals surface area contributed by atoms with Crippen molar-refractivity contribution in [3.8, 4) is 11.5 Å². The van der Waals surface area contributed by atoms with Crippen LogP contribution in [-0.2, 0) is 6.42 Å². The first kappa shape index (κ1) is 15.1. The van der Waals surface area contributed by atoms with Crippen LogP contribution in [0.2, 0.25) is 0 Å². The van der Waals surface area contributed by atoms with E-state index in [2.05, 4.69) is 0 Å². The Bertz CT molecular complexity index is 618. The van der Waals surface area contributed by atoms with E-state index in [1.807, 2.05) is 43.3 Å². The van der Waals surface area contributed by atoms with Gasteiger partial charge in [-0.1, -0.05) is 30.3 Å². The molecule has 0 aliphatic heterocycles. The van der Waals surface area contributed by atoms with Gasteiger partial charge in [0.1, 0.15) is 0 Å². The quantitative estimate of drug-likeness (QED) is 0.756. The average molecular weight is 284 g/mol. The molecule has 2 aromatic carbocycles. The van der Waals surface area contributed by atoms with Crippen LogP contribution in [0.15, 0.2) is 42.5 Å². The van der Waals surface area contributed by atoms with Crippen LogP contribution in [0, 0.1) is 6.92 Å². The van der Waals surface area contributed by atoms with E-state index in [1.165, 1.54) is 5.56 Å². The van der Waals surface area contributed by atoms with Crippen molar-refractivity contribution >= 4 is 5.78 Å². The maximum absolute atomic E-state index is 12.4. The molecule has 21 heavy (non-hydrogen) atoms. The number of hydrogen-bond donors (Lipinski definition) is 0. The fourth-order valence-corrected chi connectivity index (χ4v) is 2.32. The number of carbonyl (C=O) groups excluding carboxylic acids is 1. The van der Waals surface area contributed by atoms with Crippen molar-refractivity contribution in [3.05, 3.63) is 59.2 Å². The molecule has 110 valence electrons. The molecule has 0 bridgehead atoms. The number of aryl methyl sites for hydroxylation is 2. The zero-order chi connectivity index (χ0) is 15.2. The fourth-order valence-electron chi connectivity index (χ4n) is 2.32. The van der Waals surface area contributed by atoms with Gasteiger partial charge in [-0.05, 0) is 36.6 Å². The van der Waals surface area contributed by atoms with Crippen LogP contribution in [0.5, 0.6) is 11.5 Å². The molecule has 2 rings (SSSR count). The summed E-state index contributed by atoms with van der Waals surface area (Å²) in [5.74, 6) is 1.36. The summed E-state index contributed by atoms with van der Waals surface area (Å²) in [5, 5.41) is 0. The highest BCUT2D eigenvalue weighted by Crippen LogP contribution is 2.30. The summed E-state index contributed by atoms with van der Waals surface area (Å²) < 4.78 is 10.5. The molecule has 0 spiro atoms. The molecule has 0 saturated heterocycles. The minimum atomic E-state index is 0.123. The Morgan fingerprint density at radius 2 is 1.62 bits per heavy atom. The second-order valence-corrected chi connectivity index (χ2v) is 4.93. The first-order valence-electron chi connectivity index (χ1n) is 6.95. The lowest BCUT2D eigenvalue weighted by molar-refractivity contribution is 0.0982. The molecule has 0 radical (unpaired) electrons. The van der Waals surface area contributed by atoms with E-state index in [-0.39, 0.29) is 5.78 Å². The Kier molecular flexibility index (Phi) is 4.99. The molecule has 0 aromatic heterocycles.